The highest BCUT2D eigenvalue weighted by atomic mass is 16.4. The number of unbranched alkanes of at least 4 members (excludes halogenated alkanes) is 1. The monoisotopic (exact) mass is 460 g/mol. The largest absolute Gasteiger partial charge is 0.480 e. The Labute approximate surface area is 186 Å². The molecule has 0 aliphatic heterocycles. The minimum absolute atomic E-state index is 0.107. The van der Waals surface area contributed by atoms with Gasteiger partial charge in [0.1, 0.15) is 18.1 Å². The van der Waals surface area contributed by atoms with Gasteiger partial charge in [-0.3, -0.25) is 19.2 Å². The quantitative estimate of drug-likeness (QED) is 0.109. The van der Waals surface area contributed by atoms with E-state index in [4.69, 9.17) is 17.2 Å². The Morgan fingerprint density at radius 1 is 0.906 bits per heavy atom. The van der Waals surface area contributed by atoms with E-state index in [1.807, 2.05) is 6.92 Å². The van der Waals surface area contributed by atoms with E-state index in [0.29, 0.717) is 25.8 Å². The Kier molecular flexibility index (Phi) is 13.8. The minimum atomic E-state index is -1.57. The lowest BCUT2D eigenvalue weighted by Gasteiger charge is -2.25. The summed E-state index contributed by atoms with van der Waals surface area (Å²) in [6, 6.07) is -5.03. The van der Waals surface area contributed by atoms with E-state index in [2.05, 4.69) is 16.0 Å². The van der Waals surface area contributed by atoms with E-state index in [1.54, 1.807) is 6.92 Å². The molecule has 0 heterocycles. The van der Waals surface area contributed by atoms with Crippen LogP contribution in [0.5, 0.6) is 0 Å². The van der Waals surface area contributed by atoms with Crippen LogP contribution in [0, 0.1) is 5.92 Å². The van der Waals surface area contributed by atoms with Gasteiger partial charge < -0.3 is 43.4 Å². The van der Waals surface area contributed by atoms with E-state index in [-0.39, 0.29) is 12.3 Å². The molecule has 0 radical (unpaired) electrons. The number of primary amides is 1. The predicted octanol–water partition coefficient (Wildman–Crippen LogP) is -3.10. The van der Waals surface area contributed by atoms with Crippen molar-refractivity contribution in [3.05, 3.63) is 0 Å². The zero-order valence-corrected chi connectivity index (χ0v) is 18.5. The van der Waals surface area contributed by atoms with E-state index >= 15 is 0 Å². The average molecular weight is 461 g/mol. The van der Waals surface area contributed by atoms with Crippen LogP contribution in [-0.2, 0) is 24.0 Å². The smallest absolute Gasteiger partial charge is 0.326 e. The second-order valence-electron chi connectivity index (χ2n) is 7.57. The maximum atomic E-state index is 12.6. The van der Waals surface area contributed by atoms with Crippen LogP contribution in [0.4, 0.5) is 0 Å². The molecular formula is C19H36N6O7. The van der Waals surface area contributed by atoms with Gasteiger partial charge in [0.2, 0.25) is 23.6 Å². The first-order valence-corrected chi connectivity index (χ1v) is 10.5. The number of carbonyl (C=O) groups excluding carboxylic acids is 4. The fraction of sp³-hybridized carbons (Fsp3) is 0.737. The summed E-state index contributed by atoms with van der Waals surface area (Å²) in [4.78, 5) is 59.8. The molecule has 0 aromatic heterocycles. The maximum absolute atomic E-state index is 12.6. The summed E-state index contributed by atoms with van der Waals surface area (Å²) in [5.41, 5.74) is 16.3. The van der Waals surface area contributed by atoms with E-state index in [9.17, 15) is 34.2 Å². The number of amides is 4. The minimum Gasteiger partial charge on any atom is -0.480 e. The van der Waals surface area contributed by atoms with Crippen molar-refractivity contribution in [1.82, 2.24) is 16.0 Å². The van der Waals surface area contributed by atoms with E-state index < -0.39 is 66.8 Å². The van der Waals surface area contributed by atoms with Gasteiger partial charge in [-0.15, -0.1) is 0 Å². The number of hydrogen-bond acceptors (Lipinski definition) is 8. The molecule has 11 N–H and O–H groups in total. The fourth-order valence-electron chi connectivity index (χ4n) is 2.68. The van der Waals surface area contributed by atoms with Crippen molar-refractivity contribution in [1.29, 1.82) is 0 Å². The molecule has 0 saturated carbocycles. The molecule has 0 aromatic rings. The SMILES string of the molecule is CCC(C)C(N)C(=O)NC(CO)C(=O)NC(CCCCN)C(=O)NC(CC(N)=O)C(=O)O. The van der Waals surface area contributed by atoms with Crippen molar-refractivity contribution >= 4 is 29.6 Å². The molecule has 0 spiro atoms. The van der Waals surface area contributed by atoms with E-state index in [0.717, 1.165) is 0 Å². The van der Waals surface area contributed by atoms with Gasteiger partial charge in [0.15, 0.2) is 0 Å². The molecule has 5 atom stereocenters. The second kappa shape index (κ2) is 15.1. The zero-order chi connectivity index (χ0) is 24.8. The van der Waals surface area contributed by atoms with Crippen molar-refractivity contribution in [3.63, 3.8) is 0 Å². The van der Waals surface area contributed by atoms with Crippen molar-refractivity contribution in [3.8, 4) is 0 Å². The van der Waals surface area contributed by atoms with E-state index in [1.165, 1.54) is 0 Å². The highest BCUT2D eigenvalue weighted by molar-refractivity contribution is 5.94. The van der Waals surface area contributed by atoms with Gasteiger partial charge in [0.25, 0.3) is 0 Å². The standard InChI is InChI=1S/C19H36N6O7/c1-3-10(2)15(22)18(30)25-13(9-26)17(29)23-11(6-4-5-7-20)16(28)24-12(19(31)32)8-14(21)27/h10-13,15,26H,3-9,20,22H2,1-2H3,(H2,21,27)(H,23,29)(H,24,28)(H,25,30)(H,31,32). The van der Waals surface area contributed by atoms with Crippen LogP contribution in [0.1, 0.15) is 46.0 Å². The number of carbonyl (C=O) groups is 5. The third-order valence-corrected chi connectivity index (χ3v) is 4.98. The molecule has 4 amide bonds. The molecule has 13 heteroatoms. The Morgan fingerprint density at radius 3 is 1.91 bits per heavy atom. The zero-order valence-electron chi connectivity index (χ0n) is 18.5. The van der Waals surface area contributed by atoms with Gasteiger partial charge in [-0.25, -0.2) is 4.79 Å². The number of nitrogens with one attached hydrogen (secondary N) is 3. The van der Waals surface area contributed by atoms with Crippen molar-refractivity contribution in [2.24, 2.45) is 23.1 Å². The maximum Gasteiger partial charge on any atom is 0.326 e. The topological polar surface area (TPSA) is 240 Å². The van der Waals surface area contributed by atoms with Gasteiger partial charge in [0, 0.05) is 0 Å². The predicted molar refractivity (Wildman–Crippen MR) is 115 cm³/mol. The Hall–Kier alpha value is -2.77. The van der Waals surface area contributed by atoms with Crippen molar-refractivity contribution in [2.75, 3.05) is 13.2 Å². The number of aliphatic hydroxyl groups excluding tert-OH is 1. The summed E-state index contributed by atoms with van der Waals surface area (Å²) in [5.74, 6) is -4.91. The molecule has 0 bridgehead atoms. The Balaban J connectivity index is 5.32. The molecule has 0 saturated heterocycles. The van der Waals surface area contributed by atoms with Crippen LogP contribution in [-0.4, -0.2) is 77.1 Å². The molecule has 0 aliphatic carbocycles. The first-order valence-electron chi connectivity index (χ1n) is 10.5. The highest BCUT2D eigenvalue weighted by Gasteiger charge is 2.31. The molecule has 184 valence electrons. The van der Waals surface area contributed by atoms with Gasteiger partial charge in [-0.05, 0) is 31.7 Å². The van der Waals surface area contributed by atoms with Gasteiger partial charge in [-0.1, -0.05) is 20.3 Å². The van der Waals surface area contributed by atoms with Crippen LogP contribution >= 0.6 is 0 Å². The van der Waals surface area contributed by atoms with Crippen LogP contribution < -0.4 is 33.2 Å². The second-order valence-corrected chi connectivity index (χ2v) is 7.57. The first-order chi connectivity index (χ1) is 15.0. The number of carboxylic acid groups (broad SMARTS) is 1. The molecule has 0 fully saturated rings. The number of hydrogen-bond donors (Lipinski definition) is 8. The van der Waals surface area contributed by atoms with Crippen LogP contribution in [0.15, 0.2) is 0 Å². The Bertz CT molecular complexity index is 660. The third kappa shape index (κ3) is 10.5. The van der Waals surface area contributed by atoms with Crippen molar-refractivity contribution < 1.29 is 34.2 Å². The van der Waals surface area contributed by atoms with Gasteiger partial charge in [0.05, 0.1) is 19.1 Å². The molecular weight excluding hydrogens is 424 g/mol. The first kappa shape index (κ1) is 29.2. The highest BCUT2D eigenvalue weighted by Crippen LogP contribution is 2.06. The molecule has 0 aliphatic rings. The Morgan fingerprint density at radius 2 is 1.44 bits per heavy atom. The van der Waals surface area contributed by atoms with Crippen molar-refractivity contribution in [2.45, 2.75) is 70.1 Å². The summed E-state index contributed by atoms with van der Waals surface area (Å²) in [6.07, 6.45) is 1.07. The van der Waals surface area contributed by atoms with Gasteiger partial charge in [-0.2, -0.15) is 0 Å². The summed E-state index contributed by atoms with van der Waals surface area (Å²) < 4.78 is 0. The summed E-state index contributed by atoms with van der Waals surface area (Å²) >= 11 is 0. The molecule has 13 nitrogen and oxygen atoms in total. The van der Waals surface area contributed by atoms with Crippen LogP contribution in [0.25, 0.3) is 0 Å². The average Bonchev–Trinajstić information content (AvgIpc) is 2.74. The number of aliphatic hydroxyl groups is 1. The molecule has 32 heavy (non-hydrogen) atoms. The van der Waals surface area contributed by atoms with Crippen LogP contribution in [0.3, 0.4) is 0 Å². The summed E-state index contributed by atoms with van der Waals surface area (Å²) in [7, 11) is 0. The number of aliphatic carboxylic acids is 1. The number of nitrogens with two attached hydrogens (primary N) is 3. The lowest BCUT2D eigenvalue weighted by Crippen LogP contribution is -2.58. The number of carboxylic acids is 1. The lowest BCUT2D eigenvalue weighted by atomic mass is 9.99. The number of rotatable bonds is 16. The normalized spacial score (nSPS) is 15.5. The van der Waals surface area contributed by atoms with Crippen LogP contribution in [0.2, 0.25) is 0 Å². The summed E-state index contributed by atoms with van der Waals surface area (Å²) in [5, 5.41) is 25.6. The third-order valence-electron chi connectivity index (χ3n) is 4.98. The fourth-order valence-corrected chi connectivity index (χ4v) is 2.68. The van der Waals surface area contributed by atoms with Gasteiger partial charge >= 0.3 is 5.97 Å². The molecule has 0 aromatic carbocycles. The lowest BCUT2D eigenvalue weighted by molar-refractivity contribution is -0.143. The molecule has 5 unspecified atom stereocenters. The molecule has 0 rings (SSSR count). The summed E-state index contributed by atoms with van der Waals surface area (Å²) in [6.45, 7) is 3.20.